The molecule has 5 heteroatoms. The van der Waals surface area contributed by atoms with Crippen molar-refractivity contribution in [2.24, 2.45) is 5.41 Å². The third kappa shape index (κ3) is 4.96. The lowest BCUT2D eigenvalue weighted by Crippen LogP contribution is -2.51. The first-order valence-corrected chi connectivity index (χ1v) is 7.35. The van der Waals surface area contributed by atoms with E-state index < -0.39 is 23.1 Å². The summed E-state index contributed by atoms with van der Waals surface area (Å²) in [5.41, 5.74) is -1.48. The number of carbonyl (C=O) groups excluding carboxylic acids is 1. The van der Waals surface area contributed by atoms with E-state index in [4.69, 9.17) is 11.2 Å². The standard InChI is InChI=1S/C16H25NO4/c1-5-6-7-9-16(13(18)19)10-8-11-17(12-16)14(20)21-15(2,3)4/h1H,6-12H2,2-4H3,(H,18,19). The fourth-order valence-corrected chi connectivity index (χ4v) is 2.63. The van der Waals surface area contributed by atoms with E-state index in [1.807, 2.05) is 0 Å². The van der Waals surface area contributed by atoms with Crippen molar-refractivity contribution in [2.75, 3.05) is 13.1 Å². The zero-order chi connectivity index (χ0) is 16.1. The van der Waals surface area contributed by atoms with Gasteiger partial charge in [0.15, 0.2) is 0 Å². The summed E-state index contributed by atoms with van der Waals surface area (Å²) < 4.78 is 5.34. The van der Waals surface area contributed by atoms with Crippen LogP contribution in [0.3, 0.4) is 0 Å². The Labute approximate surface area is 126 Å². The highest BCUT2D eigenvalue weighted by atomic mass is 16.6. The first-order valence-electron chi connectivity index (χ1n) is 7.35. The van der Waals surface area contributed by atoms with Crippen LogP contribution >= 0.6 is 0 Å². The van der Waals surface area contributed by atoms with E-state index in [1.54, 1.807) is 20.8 Å². The average molecular weight is 295 g/mol. The largest absolute Gasteiger partial charge is 0.481 e. The van der Waals surface area contributed by atoms with Crippen LogP contribution in [-0.4, -0.2) is 40.8 Å². The number of nitrogens with zero attached hydrogens (tertiary/aromatic N) is 1. The molecule has 5 nitrogen and oxygen atoms in total. The molecule has 118 valence electrons. The van der Waals surface area contributed by atoms with Gasteiger partial charge in [-0.05, 0) is 46.5 Å². The Balaban J connectivity index is 2.77. The Morgan fingerprint density at radius 3 is 2.62 bits per heavy atom. The van der Waals surface area contributed by atoms with Crippen LogP contribution in [-0.2, 0) is 9.53 Å². The molecule has 1 atom stereocenters. The number of terminal acetylenes is 1. The summed E-state index contributed by atoms with van der Waals surface area (Å²) in [4.78, 5) is 25.3. The lowest BCUT2D eigenvalue weighted by atomic mass is 9.76. The van der Waals surface area contributed by atoms with E-state index in [0.717, 1.165) is 0 Å². The Morgan fingerprint density at radius 1 is 1.43 bits per heavy atom. The highest BCUT2D eigenvalue weighted by Gasteiger charge is 2.43. The monoisotopic (exact) mass is 295 g/mol. The Morgan fingerprint density at radius 2 is 2.10 bits per heavy atom. The van der Waals surface area contributed by atoms with Crippen LogP contribution in [0.25, 0.3) is 0 Å². The SMILES string of the molecule is C#CCCCC1(C(=O)O)CCCN(C(=O)OC(C)(C)C)C1. The third-order valence-electron chi connectivity index (χ3n) is 3.66. The zero-order valence-electron chi connectivity index (χ0n) is 13.1. The number of carbonyl (C=O) groups is 2. The van der Waals surface area contributed by atoms with Crippen LogP contribution in [0.15, 0.2) is 0 Å². The van der Waals surface area contributed by atoms with E-state index in [-0.39, 0.29) is 6.54 Å². The first kappa shape index (κ1) is 17.4. The maximum absolute atomic E-state index is 12.1. The van der Waals surface area contributed by atoms with E-state index in [2.05, 4.69) is 5.92 Å². The number of carboxylic acid groups (broad SMARTS) is 1. The lowest BCUT2D eigenvalue weighted by Gasteiger charge is -2.40. The van der Waals surface area contributed by atoms with Crippen molar-refractivity contribution in [2.45, 2.75) is 58.5 Å². The van der Waals surface area contributed by atoms with Gasteiger partial charge in [-0.2, -0.15) is 0 Å². The molecule has 1 heterocycles. The van der Waals surface area contributed by atoms with Gasteiger partial charge in [0, 0.05) is 19.5 Å². The summed E-state index contributed by atoms with van der Waals surface area (Å²) in [6.07, 6.45) is 7.74. The maximum Gasteiger partial charge on any atom is 0.410 e. The maximum atomic E-state index is 12.1. The number of piperidine rings is 1. The summed E-state index contributed by atoms with van der Waals surface area (Å²) in [6, 6.07) is 0. The molecule has 1 aliphatic rings. The fourth-order valence-electron chi connectivity index (χ4n) is 2.63. The minimum absolute atomic E-state index is 0.196. The molecule has 1 saturated heterocycles. The number of aliphatic carboxylic acids is 1. The van der Waals surface area contributed by atoms with Gasteiger partial charge in [-0.1, -0.05) is 0 Å². The van der Waals surface area contributed by atoms with E-state index in [0.29, 0.717) is 38.6 Å². The van der Waals surface area contributed by atoms with Gasteiger partial charge in [0.25, 0.3) is 0 Å². The minimum atomic E-state index is -0.897. The summed E-state index contributed by atoms with van der Waals surface area (Å²) >= 11 is 0. The molecule has 0 aromatic carbocycles. The molecule has 0 aliphatic carbocycles. The highest BCUT2D eigenvalue weighted by molar-refractivity contribution is 5.77. The number of unbranched alkanes of at least 4 members (excludes halogenated alkanes) is 1. The molecule has 1 amide bonds. The second-order valence-electron chi connectivity index (χ2n) is 6.65. The summed E-state index contributed by atoms with van der Waals surface area (Å²) in [7, 11) is 0. The van der Waals surface area contributed by atoms with Crippen molar-refractivity contribution in [3.63, 3.8) is 0 Å². The summed E-state index contributed by atoms with van der Waals surface area (Å²) in [6.45, 7) is 6.13. The van der Waals surface area contributed by atoms with E-state index in [9.17, 15) is 14.7 Å². The number of hydrogen-bond acceptors (Lipinski definition) is 3. The van der Waals surface area contributed by atoms with Gasteiger partial charge in [0.2, 0.25) is 0 Å². The van der Waals surface area contributed by atoms with Crippen LogP contribution in [0.2, 0.25) is 0 Å². The summed E-state index contributed by atoms with van der Waals surface area (Å²) in [5.74, 6) is 1.68. The van der Waals surface area contributed by atoms with Crippen LogP contribution in [0, 0.1) is 17.8 Å². The van der Waals surface area contributed by atoms with E-state index >= 15 is 0 Å². The topological polar surface area (TPSA) is 66.8 Å². The molecule has 0 spiro atoms. The van der Waals surface area contributed by atoms with Gasteiger partial charge in [-0.25, -0.2) is 4.79 Å². The molecule has 1 aliphatic heterocycles. The molecule has 0 aromatic heterocycles. The van der Waals surface area contributed by atoms with Gasteiger partial charge < -0.3 is 14.7 Å². The quantitative estimate of drug-likeness (QED) is 0.639. The van der Waals surface area contributed by atoms with Crippen molar-refractivity contribution < 1.29 is 19.4 Å². The predicted molar refractivity (Wildman–Crippen MR) is 79.8 cm³/mol. The van der Waals surface area contributed by atoms with Gasteiger partial charge in [0.05, 0.1) is 5.41 Å². The summed E-state index contributed by atoms with van der Waals surface area (Å²) in [5, 5.41) is 9.59. The molecular formula is C16H25NO4. The molecule has 0 aromatic rings. The number of carboxylic acids is 1. The van der Waals surface area contributed by atoms with E-state index in [1.165, 1.54) is 4.90 Å². The van der Waals surface area contributed by atoms with Crippen LogP contribution < -0.4 is 0 Å². The first-order chi connectivity index (χ1) is 9.70. The van der Waals surface area contributed by atoms with Crippen molar-refractivity contribution >= 4 is 12.1 Å². The number of hydrogen-bond donors (Lipinski definition) is 1. The van der Waals surface area contributed by atoms with Crippen LogP contribution in [0.1, 0.15) is 52.9 Å². The molecule has 21 heavy (non-hydrogen) atoms. The van der Waals surface area contributed by atoms with Crippen molar-refractivity contribution in [1.82, 2.24) is 4.90 Å². The number of likely N-dealkylation sites (tertiary alicyclic amines) is 1. The van der Waals surface area contributed by atoms with Crippen molar-refractivity contribution in [3.8, 4) is 12.3 Å². The Bertz CT molecular complexity index is 433. The lowest BCUT2D eigenvalue weighted by molar-refractivity contribution is -0.152. The van der Waals surface area contributed by atoms with Crippen LogP contribution in [0.5, 0.6) is 0 Å². The molecular weight excluding hydrogens is 270 g/mol. The molecule has 1 unspecified atom stereocenters. The molecule has 1 fully saturated rings. The number of amides is 1. The molecule has 0 saturated carbocycles. The molecule has 1 rings (SSSR count). The second kappa shape index (κ2) is 6.84. The minimum Gasteiger partial charge on any atom is -0.481 e. The van der Waals surface area contributed by atoms with Gasteiger partial charge >= 0.3 is 12.1 Å². The third-order valence-corrected chi connectivity index (χ3v) is 3.66. The zero-order valence-corrected chi connectivity index (χ0v) is 13.1. The number of ether oxygens (including phenoxy) is 1. The Hall–Kier alpha value is -1.70. The van der Waals surface area contributed by atoms with Crippen molar-refractivity contribution in [3.05, 3.63) is 0 Å². The number of rotatable bonds is 4. The molecule has 0 radical (unpaired) electrons. The van der Waals surface area contributed by atoms with Gasteiger partial charge in [-0.15, -0.1) is 12.3 Å². The molecule has 0 bridgehead atoms. The average Bonchev–Trinajstić information content (AvgIpc) is 2.37. The predicted octanol–water partition coefficient (Wildman–Crippen LogP) is 2.89. The van der Waals surface area contributed by atoms with Crippen molar-refractivity contribution in [1.29, 1.82) is 0 Å². The molecule has 1 N–H and O–H groups in total. The van der Waals surface area contributed by atoms with Gasteiger partial charge in [-0.3, -0.25) is 4.79 Å². The Kier molecular flexibility index (Phi) is 5.65. The highest BCUT2D eigenvalue weighted by Crippen LogP contribution is 2.36. The fraction of sp³-hybridized carbons (Fsp3) is 0.750. The van der Waals surface area contributed by atoms with Crippen LogP contribution in [0.4, 0.5) is 4.79 Å². The van der Waals surface area contributed by atoms with Gasteiger partial charge in [0.1, 0.15) is 5.60 Å². The second-order valence-corrected chi connectivity index (χ2v) is 6.65. The normalized spacial score (nSPS) is 22.5. The smallest absolute Gasteiger partial charge is 0.410 e.